The molecular weight excluding hydrogens is 305 g/mol. The Bertz CT molecular complexity index is 593. The quantitative estimate of drug-likeness (QED) is 0.895. The van der Waals surface area contributed by atoms with Crippen molar-refractivity contribution in [3.63, 3.8) is 0 Å². The summed E-state index contributed by atoms with van der Waals surface area (Å²) in [6, 6.07) is 12.8. The molecule has 3 heteroatoms. The molecule has 100 valence electrons. The van der Waals surface area contributed by atoms with Crippen LogP contribution in [0.5, 0.6) is 0 Å². The molecule has 0 aliphatic carbocycles. The zero-order chi connectivity index (χ0) is 14.0. The lowest BCUT2D eigenvalue weighted by Gasteiger charge is -2.27. The lowest BCUT2D eigenvalue weighted by atomic mass is 9.84. The van der Waals surface area contributed by atoms with E-state index in [4.69, 9.17) is 5.73 Å². The van der Waals surface area contributed by atoms with Crippen molar-refractivity contribution < 1.29 is 4.39 Å². The van der Waals surface area contributed by atoms with Crippen LogP contribution >= 0.6 is 15.9 Å². The number of nitrogens with two attached hydrogens (primary N) is 1. The maximum Gasteiger partial charge on any atom is 0.124 e. The van der Waals surface area contributed by atoms with Crippen molar-refractivity contribution in [1.29, 1.82) is 0 Å². The van der Waals surface area contributed by atoms with Crippen molar-refractivity contribution in [1.82, 2.24) is 0 Å². The van der Waals surface area contributed by atoms with Gasteiger partial charge in [0.15, 0.2) is 0 Å². The highest BCUT2D eigenvalue weighted by atomic mass is 79.9. The van der Waals surface area contributed by atoms with Crippen LogP contribution in [0.2, 0.25) is 0 Å². The first kappa shape index (κ1) is 14.2. The summed E-state index contributed by atoms with van der Waals surface area (Å²) in [6.45, 7) is 4.06. The summed E-state index contributed by atoms with van der Waals surface area (Å²) in [5.74, 6) is -0.245. The molecule has 0 aromatic heterocycles. The molecule has 2 N–H and O–H groups in total. The minimum Gasteiger partial charge on any atom is -0.321 e. The van der Waals surface area contributed by atoms with Gasteiger partial charge in [0.2, 0.25) is 0 Å². The van der Waals surface area contributed by atoms with E-state index in [0.29, 0.717) is 6.42 Å². The van der Waals surface area contributed by atoms with Crippen LogP contribution < -0.4 is 5.73 Å². The summed E-state index contributed by atoms with van der Waals surface area (Å²) in [6.07, 6.45) is 0.652. The SMILES string of the molecule is Cc1ccccc1C(C)(N)Cc1ccc(F)cc1Br. The van der Waals surface area contributed by atoms with Crippen LogP contribution in [0, 0.1) is 12.7 Å². The molecule has 1 nitrogen and oxygen atoms in total. The molecule has 0 bridgehead atoms. The summed E-state index contributed by atoms with van der Waals surface area (Å²) >= 11 is 3.40. The third kappa shape index (κ3) is 3.23. The van der Waals surface area contributed by atoms with Crippen LogP contribution in [0.3, 0.4) is 0 Å². The molecule has 2 rings (SSSR count). The number of hydrogen-bond donors (Lipinski definition) is 1. The Hall–Kier alpha value is -1.19. The van der Waals surface area contributed by atoms with Crippen LogP contribution in [-0.4, -0.2) is 0 Å². The van der Waals surface area contributed by atoms with E-state index in [9.17, 15) is 4.39 Å². The second-order valence-corrected chi connectivity index (χ2v) is 6.00. The fraction of sp³-hybridized carbons (Fsp3) is 0.250. The summed E-state index contributed by atoms with van der Waals surface area (Å²) in [7, 11) is 0. The molecule has 0 saturated heterocycles. The Labute approximate surface area is 121 Å². The first-order chi connectivity index (χ1) is 8.90. The molecule has 0 aliphatic rings. The van der Waals surface area contributed by atoms with Crippen LogP contribution in [0.15, 0.2) is 46.9 Å². The van der Waals surface area contributed by atoms with Gasteiger partial charge in [-0.2, -0.15) is 0 Å². The molecule has 0 spiro atoms. The molecule has 0 saturated carbocycles. The Morgan fingerprint density at radius 2 is 1.89 bits per heavy atom. The first-order valence-corrected chi connectivity index (χ1v) is 6.98. The molecule has 0 aliphatic heterocycles. The number of benzene rings is 2. The highest BCUT2D eigenvalue weighted by molar-refractivity contribution is 9.10. The van der Waals surface area contributed by atoms with Gasteiger partial charge in [0.1, 0.15) is 5.82 Å². The third-order valence-electron chi connectivity index (χ3n) is 3.33. The normalized spacial score (nSPS) is 14.2. The largest absolute Gasteiger partial charge is 0.321 e. The van der Waals surface area contributed by atoms with Gasteiger partial charge < -0.3 is 5.73 Å². The molecule has 0 fully saturated rings. The van der Waals surface area contributed by atoms with Gasteiger partial charge in [-0.1, -0.05) is 46.3 Å². The maximum atomic E-state index is 13.1. The number of aryl methyl sites for hydroxylation is 1. The second kappa shape index (κ2) is 5.43. The molecular formula is C16H17BrFN. The minimum atomic E-state index is -0.480. The monoisotopic (exact) mass is 321 g/mol. The van der Waals surface area contributed by atoms with Gasteiger partial charge in [-0.25, -0.2) is 4.39 Å². The van der Waals surface area contributed by atoms with E-state index in [1.54, 1.807) is 6.07 Å². The topological polar surface area (TPSA) is 26.0 Å². The van der Waals surface area contributed by atoms with Crippen molar-refractivity contribution in [2.45, 2.75) is 25.8 Å². The summed E-state index contributed by atoms with van der Waals surface area (Å²) < 4.78 is 13.9. The number of halogens is 2. The molecule has 19 heavy (non-hydrogen) atoms. The smallest absolute Gasteiger partial charge is 0.124 e. The van der Waals surface area contributed by atoms with Crippen LogP contribution in [0.25, 0.3) is 0 Å². The average Bonchev–Trinajstić information content (AvgIpc) is 2.33. The molecule has 0 heterocycles. The third-order valence-corrected chi connectivity index (χ3v) is 4.07. The van der Waals surface area contributed by atoms with Gasteiger partial charge in [-0.15, -0.1) is 0 Å². The van der Waals surface area contributed by atoms with Crippen molar-refractivity contribution >= 4 is 15.9 Å². The van der Waals surface area contributed by atoms with Crippen molar-refractivity contribution in [2.75, 3.05) is 0 Å². The van der Waals surface area contributed by atoms with E-state index < -0.39 is 5.54 Å². The van der Waals surface area contributed by atoms with Crippen molar-refractivity contribution in [2.24, 2.45) is 5.73 Å². The Balaban J connectivity index is 2.33. The van der Waals surface area contributed by atoms with E-state index in [1.165, 1.54) is 17.7 Å². The van der Waals surface area contributed by atoms with E-state index in [1.807, 2.05) is 25.1 Å². The van der Waals surface area contributed by atoms with Crippen molar-refractivity contribution in [3.8, 4) is 0 Å². The lowest BCUT2D eigenvalue weighted by Crippen LogP contribution is -2.36. The molecule has 2 aromatic carbocycles. The molecule has 1 atom stereocenters. The second-order valence-electron chi connectivity index (χ2n) is 5.14. The first-order valence-electron chi connectivity index (χ1n) is 6.19. The highest BCUT2D eigenvalue weighted by Gasteiger charge is 2.24. The zero-order valence-corrected chi connectivity index (χ0v) is 12.7. The van der Waals surface area contributed by atoms with Gasteiger partial charge in [-0.3, -0.25) is 0 Å². The van der Waals surface area contributed by atoms with Gasteiger partial charge in [0.25, 0.3) is 0 Å². The fourth-order valence-corrected chi connectivity index (χ4v) is 2.86. The van der Waals surface area contributed by atoms with E-state index in [2.05, 4.69) is 28.9 Å². The fourth-order valence-electron chi connectivity index (χ4n) is 2.37. The van der Waals surface area contributed by atoms with Crippen molar-refractivity contribution in [3.05, 3.63) is 69.4 Å². The summed E-state index contributed by atoms with van der Waals surface area (Å²) in [5, 5.41) is 0. The van der Waals surface area contributed by atoms with Gasteiger partial charge >= 0.3 is 0 Å². The number of hydrogen-bond acceptors (Lipinski definition) is 1. The predicted octanol–water partition coefficient (Wildman–Crippen LogP) is 4.31. The highest BCUT2D eigenvalue weighted by Crippen LogP contribution is 2.29. The lowest BCUT2D eigenvalue weighted by molar-refractivity contribution is 0.487. The Morgan fingerprint density at radius 1 is 1.21 bits per heavy atom. The van der Waals surface area contributed by atoms with Gasteiger partial charge in [-0.05, 0) is 49.1 Å². The van der Waals surface area contributed by atoms with Gasteiger partial charge in [0, 0.05) is 10.0 Å². The maximum absolute atomic E-state index is 13.1. The average molecular weight is 322 g/mol. The minimum absolute atomic E-state index is 0.245. The summed E-state index contributed by atoms with van der Waals surface area (Å²) in [4.78, 5) is 0. The molecule has 1 unspecified atom stereocenters. The Morgan fingerprint density at radius 3 is 2.53 bits per heavy atom. The molecule has 0 amide bonds. The van der Waals surface area contributed by atoms with E-state index in [-0.39, 0.29) is 5.82 Å². The molecule has 2 aromatic rings. The molecule has 0 radical (unpaired) electrons. The van der Waals surface area contributed by atoms with Crippen LogP contribution in [0.1, 0.15) is 23.6 Å². The van der Waals surface area contributed by atoms with Crippen LogP contribution in [0.4, 0.5) is 4.39 Å². The van der Waals surface area contributed by atoms with E-state index >= 15 is 0 Å². The van der Waals surface area contributed by atoms with Crippen LogP contribution in [-0.2, 0) is 12.0 Å². The van der Waals surface area contributed by atoms with Gasteiger partial charge in [0.05, 0.1) is 0 Å². The summed E-state index contributed by atoms with van der Waals surface area (Å²) in [5.41, 5.74) is 9.28. The van der Waals surface area contributed by atoms with E-state index in [0.717, 1.165) is 15.6 Å². The zero-order valence-electron chi connectivity index (χ0n) is 11.1. The predicted molar refractivity (Wildman–Crippen MR) is 80.5 cm³/mol. The standard InChI is InChI=1S/C16H17BrFN/c1-11-5-3-4-6-14(11)16(2,19)10-12-7-8-13(18)9-15(12)17/h3-9H,10,19H2,1-2H3. The number of rotatable bonds is 3. The Kier molecular flexibility index (Phi) is 4.07.